The highest BCUT2D eigenvalue weighted by Crippen LogP contribution is 2.41. The smallest absolute Gasteiger partial charge is 0.0541 e. The van der Waals surface area contributed by atoms with Gasteiger partial charge in [-0.3, -0.25) is 0 Å². The quantitative estimate of drug-likeness (QED) is 0.166. The van der Waals surface area contributed by atoms with Gasteiger partial charge in [0.15, 0.2) is 0 Å². The van der Waals surface area contributed by atoms with Gasteiger partial charge in [-0.05, 0) is 106 Å². The maximum Gasteiger partial charge on any atom is 0.0541 e. The van der Waals surface area contributed by atoms with E-state index in [1.807, 2.05) is 11.3 Å². The van der Waals surface area contributed by atoms with Crippen LogP contribution in [0.15, 0.2) is 206 Å². The van der Waals surface area contributed by atoms with Crippen molar-refractivity contribution in [3.63, 3.8) is 0 Å². The molecule has 0 atom stereocenters. The summed E-state index contributed by atoms with van der Waals surface area (Å²) in [6.45, 7) is 0. The van der Waals surface area contributed by atoms with Crippen LogP contribution in [0, 0.1) is 0 Å². The average Bonchev–Trinajstić information content (AvgIpc) is 3.93. The zero-order valence-electron chi connectivity index (χ0n) is 30.9. The Kier molecular flexibility index (Phi) is 7.13. The first-order chi connectivity index (χ1) is 28.2. The van der Waals surface area contributed by atoms with Gasteiger partial charge >= 0.3 is 0 Å². The molecule has 0 fully saturated rings. The van der Waals surface area contributed by atoms with Crippen molar-refractivity contribution in [2.24, 2.45) is 0 Å². The Labute approximate surface area is 333 Å². The zero-order chi connectivity index (χ0) is 37.5. The normalized spacial score (nSPS) is 11.9. The molecule has 0 saturated carbocycles. The van der Waals surface area contributed by atoms with Gasteiger partial charge in [0.05, 0.1) is 22.1 Å². The summed E-state index contributed by atoms with van der Waals surface area (Å²) >= 11 is 1.87. The van der Waals surface area contributed by atoms with Crippen LogP contribution < -0.4 is 0 Å². The monoisotopic (exact) mass is 742 g/mol. The molecule has 12 aromatic rings. The first kappa shape index (κ1) is 32.1. The van der Waals surface area contributed by atoms with Crippen LogP contribution in [0.5, 0.6) is 0 Å². The highest BCUT2D eigenvalue weighted by molar-refractivity contribution is 7.25. The number of thiophene rings is 1. The van der Waals surface area contributed by atoms with E-state index in [-0.39, 0.29) is 0 Å². The van der Waals surface area contributed by atoms with Crippen LogP contribution in [0.2, 0.25) is 0 Å². The Hall–Kier alpha value is -7.20. The Balaban J connectivity index is 1.04. The van der Waals surface area contributed by atoms with Gasteiger partial charge in [0.2, 0.25) is 0 Å². The molecule has 0 aliphatic rings. The fourth-order valence-electron chi connectivity index (χ4n) is 9.03. The predicted molar refractivity (Wildman–Crippen MR) is 244 cm³/mol. The molecule has 3 heteroatoms. The Bertz CT molecular complexity index is 3510. The van der Waals surface area contributed by atoms with Crippen LogP contribution in [-0.2, 0) is 0 Å². The lowest BCUT2D eigenvalue weighted by molar-refractivity contribution is 1.18. The van der Waals surface area contributed by atoms with E-state index in [9.17, 15) is 0 Å². The summed E-state index contributed by atoms with van der Waals surface area (Å²) in [4.78, 5) is 0. The van der Waals surface area contributed by atoms with Crippen LogP contribution in [0.1, 0.15) is 0 Å². The molecule has 0 saturated heterocycles. The molecule has 3 aromatic heterocycles. The summed E-state index contributed by atoms with van der Waals surface area (Å²) in [5, 5.41) is 7.64. The van der Waals surface area contributed by atoms with Gasteiger partial charge in [-0.1, -0.05) is 133 Å². The number of fused-ring (bicyclic) bond motifs is 9. The Morgan fingerprint density at radius 3 is 1.35 bits per heavy atom. The summed E-state index contributed by atoms with van der Waals surface area (Å²) in [7, 11) is 0. The van der Waals surface area contributed by atoms with Gasteiger partial charge in [0.25, 0.3) is 0 Å². The molecule has 2 nitrogen and oxygen atoms in total. The summed E-state index contributed by atoms with van der Waals surface area (Å²) in [5.41, 5.74) is 14.4. The molecule has 3 heterocycles. The van der Waals surface area contributed by atoms with Crippen molar-refractivity contribution >= 4 is 75.1 Å². The van der Waals surface area contributed by atoms with E-state index in [4.69, 9.17) is 0 Å². The molecule has 0 aliphatic heterocycles. The molecule has 0 spiro atoms. The van der Waals surface area contributed by atoms with Crippen molar-refractivity contribution in [1.29, 1.82) is 0 Å². The highest BCUT2D eigenvalue weighted by Gasteiger charge is 2.18. The second-order valence-electron chi connectivity index (χ2n) is 14.9. The summed E-state index contributed by atoms with van der Waals surface area (Å²) < 4.78 is 7.50. The first-order valence-electron chi connectivity index (χ1n) is 19.5. The minimum absolute atomic E-state index is 1.15. The van der Waals surface area contributed by atoms with Crippen molar-refractivity contribution in [2.75, 3.05) is 0 Å². The van der Waals surface area contributed by atoms with Gasteiger partial charge in [-0.15, -0.1) is 11.3 Å². The lowest BCUT2D eigenvalue weighted by Crippen LogP contribution is -1.94. The van der Waals surface area contributed by atoms with Crippen molar-refractivity contribution in [3.8, 4) is 44.8 Å². The topological polar surface area (TPSA) is 9.86 Å². The van der Waals surface area contributed by atoms with E-state index >= 15 is 0 Å². The number of rotatable bonds is 5. The molecule has 0 aliphatic carbocycles. The van der Waals surface area contributed by atoms with E-state index in [1.54, 1.807) is 0 Å². The van der Waals surface area contributed by atoms with E-state index in [0.717, 1.165) is 5.69 Å². The van der Waals surface area contributed by atoms with Crippen LogP contribution in [0.4, 0.5) is 0 Å². The van der Waals surface area contributed by atoms with Gasteiger partial charge < -0.3 is 9.13 Å². The first-order valence-corrected chi connectivity index (χ1v) is 20.3. The van der Waals surface area contributed by atoms with Crippen molar-refractivity contribution in [1.82, 2.24) is 9.13 Å². The Morgan fingerprint density at radius 1 is 0.246 bits per heavy atom. The molecule has 57 heavy (non-hydrogen) atoms. The van der Waals surface area contributed by atoms with Crippen molar-refractivity contribution < 1.29 is 0 Å². The maximum absolute atomic E-state index is 2.43. The van der Waals surface area contributed by atoms with Crippen molar-refractivity contribution in [3.05, 3.63) is 206 Å². The molecule has 0 amide bonds. The standard InChI is InChI=1S/C54H34N2S/c1-3-12-35(13-4-1)37-16-11-17-41(30-37)55-51-27-22-38(36-14-5-2-6-15-36)31-47(51)48-33-40(24-29-52(48)55)39-23-28-50-46(32-39)43-18-7-9-20-49(43)56(50)42-25-26-45-44-19-8-10-21-53(44)57-54(45)34-42/h1-34H. The highest BCUT2D eigenvalue weighted by atomic mass is 32.1. The second kappa shape index (κ2) is 12.7. The van der Waals surface area contributed by atoms with Crippen LogP contribution >= 0.6 is 11.3 Å². The SMILES string of the molecule is c1ccc(-c2cccc(-n3c4ccc(-c5ccccc5)cc4c4cc(-c5ccc6c(c5)c5ccccc5n6-c5ccc6c(c5)sc5ccccc56)ccc43)c2)cc1. The number of benzene rings is 9. The fourth-order valence-corrected chi connectivity index (χ4v) is 10.2. The number of aromatic nitrogens is 2. The van der Waals surface area contributed by atoms with Gasteiger partial charge in [0.1, 0.15) is 0 Å². The van der Waals surface area contributed by atoms with Gasteiger partial charge in [-0.2, -0.15) is 0 Å². The maximum atomic E-state index is 2.43. The third-order valence-electron chi connectivity index (χ3n) is 11.7. The summed E-state index contributed by atoms with van der Waals surface area (Å²) in [6, 6.07) is 75.7. The van der Waals surface area contributed by atoms with E-state index in [1.165, 1.54) is 103 Å². The Morgan fingerprint density at radius 2 is 0.702 bits per heavy atom. The van der Waals surface area contributed by atoms with Crippen LogP contribution in [0.3, 0.4) is 0 Å². The summed E-state index contributed by atoms with van der Waals surface area (Å²) in [6.07, 6.45) is 0. The molecular formula is C54H34N2S. The van der Waals surface area contributed by atoms with Crippen molar-refractivity contribution in [2.45, 2.75) is 0 Å². The summed E-state index contributed by atoms with van der Waals surface area (Å²) in [5.74, 6) is 0. The number of hydrogen-bond acceptors (Lipinski definition) is 1. The predicted octanol–water partition coefficient (Wildman–Crippen LogP) is 15.2. The minimum atomic E-state index is 1.15. The minimum Gasteiger partial charge on any atom is -0.309 e. The van der Waals surface area contributed by atoms with E-state index in [2.05, 4.69) is 215 Å². The third-order valence-corrected chi connectivity index (χ3v) is 12.8. The van der Waals surface area contributed by atoms with E-state index in [0.29, 0.717) is 0 Å². The molecule has 0 radical (unpaired) electrons. The molecule has 12 rings (SSSR count). The lowest BCUT2D eigenvalue weighted by atomic mass is 9.99. The molecule has 0 unspecified atom stereocenters. The third kappa shape index (κ3) is 5.10. The van der Waals surface area contributed by atoms with E-state index < -0.39 is 0 Å². The van der Waals surface area contributed by atoms with Gasteiger partial charge in [-0.25, -0.2) is 0 Å². The molecular weight excluding hydrogens is 709 g/mol. The molecule has 0 bridgehead atoms. The van der Waals surface area contributed by atoms with Crippen LogP contribution in [0.25, 0.3) is 109 Å². The largest absolute Gasteiger partial charge is 0.309 e. The number of nitrogens with zero attached hydrogens (tertiary/aromatic N) is 2. The zero-order valence-corrected chi connectivity index (χ0v) is 31.7. The van der Waals surface area contributed by atoms with Crippen LogP contribution in [-0.4, -0.2) is 9.13 Å². The lowest BCUT2D eigenvalue weighted by Gasteiger charge is -2.11. The fraction of sp³-hybridized carbons (Fsp3) is 0. The molecule has 0 N–H and O–H groups in total. The van der Waals surface area contributed by atoms with Gasteiger partial charge in [0, 0.05) is 53.1 Å². The number of para-hydroxylation sites is 1. The second-order valence-corrected chi connectivity index (χ2v) is 16.0. The average molecular weight is 743 g/mol. The molecule has 9 aromatic carbocycles. The molecule has 266 valence electrons. The number of hydrogen-bond donors (Lipinski definition) is 0.